The number of rotatable bonds is 8. The van der Waals surface area contributed by atoms with E-state index in [1.165, 1.54) is 30.1 Å². The van der Waals surface area contributed by atoms with Crippen molar-refractivity contribution in [2.75, 3.05) is 37.5 Å². The van der Waals surface area contributed by atoms with Gasteiger partial charge in [0.2, 0.25) is 11.8 Å². The molecular weight excluding hydrogens is 448 g/mol. The van der Waals surface area contributed by atoms with Crippen molar-refractivity contribution in [3.63, 3.8) is 0 Å². The fraction of sp³-hybridized carbons (Fsp3) is 0.348. The predicted octanol–water partition coefficient (Wildman–Crippen LogP) is 3.02. The molecule has 0 spiro atoms. The number of carbonyl (C=O) groups excluding carboxylic acids is 3. The summed E-state index contributed by atoms with van der Waals surface area (Å²) < 4.78 is 10.5. The van der Waals surface area contributed by atoms with Gasteiger partial charge in [0.15, 0.2) is 0 Å². The molecule has 174 valence electrons. The number of ether oxygens (including phenoxy) is 2. The molecule has 0 atom stereocenters. The second-order valence-electron chi connectivity index (χ2n) is 7.93. The molecule has 0 bridgehead atoms. The lowest BCUT2D eigenvalue weighted by Crippen LogP contribution is -2.52. The van der Waals surface area contributed by atoms with Gasteiger partial charge in [-0.2, -0.15) is 0 Å². The van der Waals surface area contributed by atoms with E-state index in [1.807, 2.05) is 12.1 Å². The van der Waals surface area contributed by atoms with Gasteiger partial charge in [-0.1, -0.05) is 29.8 Å². The Balaban J connectivity index is 1.52. The van der Waals surface area contributed by atoms with E-state index < -0.39 is 11.9 Å². The average Bonchev–Trinajstić information content (AvgIpc) is 3.60. The molecule has 1 heterocycles. The van der Waals surface area contributed by atoms with Crippen molar-refractivity contribution in [1.82, 2.24) is 10.2 Å². The third-order valence-electron chi connectivity index (χ3n) is 5.47. The van der Waals surface area contributed by atoms with Crippen LogP contribution in [0.15, 0.2) is 36.4 Å². The molecule has 2 N–H and O–H groups in total. The first kappa shape index (κ1) is 22.7. The number of benzene rings is 2. The topological polar surface area (TPSA) is 100 Å². The number of para-hydroxylation sites is 1. The summed E-state index contributed by atoms with van der Waals surface area (Å²) in [6.07, 6.45) is 1.93. The van der Waals surface area contributed by atoms with Crippen molar-refractivity contribution in [1.29, 1.82) is 0 Å². The van der Waals surface area contributed by atoms with Gasteiger partial charge in [-0.3, -0.25) is 14.5 Å². The zero-order valence-electron chi connectivity index (χ0n) is 18.4. The number of anilines is 2. The highest BCUT2D eigenvalue weighted by Gasteiger charge is 2.33. The Kier molecular flexibility index (Phi) is 6.60. The van der Waals surface area contributed by atoms with Crippen LogP contribution in [0, 0.1) is 0 Å². The monoisotopic (exact) mass is 472 g/mol. The Morgan fingerprint density at radius 3 is 2.48 bits per heavy atom. The minimum Gasteiger partial charge on any atom is -0.495 e. The molecule has 1 aliphatic heterocycles. The lowest BCUT2D eigenvalue weighted by Gasteiger charge is -2.36. The molecule has 0 unspecified atom stereocenters. The molecule has 1 saturated carbocycles. The maximum absolute atomic E-state index is 13.2. The zero-order valence-corrected chi connectivity index (χ0v) is 19.1. The molecule has 2 aromatic rings. The summed E-state index contributed by atoms with van der Waals surface area (Å²) in [5, 5.41) is 5.95. The van der Waals surface area contributed by atoms with Gasteiger partial charge in [0.25, 0.3) is 0 Å². The molecule has 4 rings (SSSR count). The first-order valence-electron chi connectivity index (χ1n) is 10.5. The number of nitrogens with one attached hydrogen (secondary N) is 2. The summed E-state index contributed by atoms with van der Waals surface area (Å²) in [5.74, 6) is 0.134. The molecule has 1 fully saturated rings. The van der Waals surface area contributed by atoms with Crippen molar-refractivity contribution >= 4 is 40.8 Å². The minimum atomic E-state index is -0.443. The number of methoxy groups -OCH3 is 2. The van der Waals surface area contributed by atoms with E-state index in [-0.39, 0.29) is 25.0 Å². The zero-order chi connectivity index (χ0) is 23.5. The molecule has 0 aromatic heterocycles. The van der Waals surface area contributed by atoms with Crippen LogP contribution in [-0.2, 0) is 16.1 Å². The summed E-state index contributed by atoms with van der Waals surface area (Å²) in [7, 11) is 2.95. The summed E-state index contributed by atoms with van der Waals surface area (Å²) in [6.45, 7) is -0.0137. The quantitative estimate of drug-likeness (QED) is 0.615. The Labute approximate surface area is 196 Å². The molecule has 10 heteroatoms. The van der Waals surface area contributed by atoms with Crippen LogP contribution in [0.1, 0.15) is 18.4 Å². The molecule has 2 aliphatic rings. The standard InChI is InChI=1S/C23H25ClN4O5/c1-32-19-10-20(33-2)17(9-16(19)24)26-22(30)13-28-18-6-4-3-5-14(18)11-27(23(28)31)12-21(29)25-15-7-8-15/h3-6,9-10,15H,7-8,11-13H2,1-2H3,(H,25,29)(H,26,30). The maximum atomic E-state index is 13.2. The third kappa shape index (κ3) is 5.14. The number of amides is 4. The Morgan fingerprint density at radius 2 is 1.79 bits per heavy atom. The average molecular weight is 473 g/mol. The molecule has 9 nitrogen and oxygen atoms in total. The number of urea groups is 1. The molecule has 33 heavy (non-hydrogen) atoms. The van der Waals surface area contributed by atoms with Crippen LogP contribution in [0.4, 0.5) is 16.2 Å². The van der Waals surface area contributed by atoms with Gasteiger partial charge >= 0.3 is 6.03 Å². The van der Waals surface area contributed by atoms with E-state index in [9.17, 15) is 14.4 Å². The van der Waals surface area contributed by atoms with Crippen molar-refractivity contribution in [2.24, 2.45) is 0 Å². The van der Waals surface area contributed by atoms with E-state index in [0.717, 1.165) is 18.4 Å². The molecule has 0 radical (unpaired) electrons. The van der Waals surface area contributed by atoms with E-state index in [4.69, 9.17) is 21.1 Å². The lowest BCUT2D eigenvalue weighted by atomic mass is 10.1. The van der Waals surface area contributed by atoms with Gasteiger partial charge < -0.3 is 25.0 Å². The fourth-order valence-electron chi connectivity index (χ4n) is 3.70. The number of fused-ring (bicyclic) bond motifs is 1. The van der Waals surface area contributed by atoms with Crippen LogP contribution < -0.4 is 25.0 Å². The smallest absolute Gasteiger partial charge is 0.325 e. The predicted molar refractivity (Wildman–Crippen MR) is 124 cm³/mol. The van der Waals surface area contributed by atoms with Gasteiger partial charge in [0.1, 0.15) is 24.6 Å². The van der Waals surface area contributed by atoms with E-state index in [0.29, 0.717) is 34.4 Å². The highest BCUT2D eigenvalue weighted by atomic mass is 35.5. The van der Waals surface area contributed by atoms with E-state index >= 15 is 0 Å². The van der Waals surface area contributed by atoms with Gasteiger partial charge in [0, 0.05) is 12.1 Å². The van der Waals surface area contributed by atoms with Crippen LogP contribution in [-0.4, -0.2) is 56.1 Å². The molecule has 0 saturated heterocycles. The molecule has 4 amide bonds. The summed E-state index contributed by atoms with van der Waals surface area (Å²) in [4.78, 5) is 41.2. The maximum Gasteiger partial charge on any atom is 0.325 e. The molecular formula is C23H25ClN4O5. The summed E-state index contributed by atoms with van der Waals surface area (Å²) in [5.41, 5.74) is 1.84. The van der Waals surface area contributed by atoms with Crippen molar-refractivity contribution < 1.29 is 23.9 Å². The Hall–Kier alpha value is -3.46. The summed E-state index contributed by atoms with van der Waals surface area (Å²) >= 11 is 6.19. The van der Waals surface area contributed by atoms with Crippen LogP contribution in [0.2, 0.25) is 5.02 Å². The number of nitrogens with zero attached hydrogens (tertiary/aromatic N) is 2. The van der Waals surface area contributed by atoms with Gasteiger partial charge in [-0.25, -0.2) is 4.79 Å². The molecule has 2 aromatic carbocycles. The lowest BCUT2D eigenvalue weighted by molar-refractivity contribution is -0.121. The number of halogens is 1. The van der Waals surface area contributed by atoms with Crippen molar-refractivity contribution in [2.45, 2.75) is 25.4 Å². The van der Waals surface area contributed by atoms with Crippen molar-refractivity contribution in [3.05, 3.63) is 47.0 Å². The highest BCUT2D eigenvalue weighted by molar-refractivity contribution is 6.32. The van der Waals surface area contributed by atoms with E-state index in [2.05, 4.69) is 10.6 Å². The largest absolute Gasteiger partial charge is 0.495 e. The number of hydrogen-bond acceptors (Lipinski definition) is 5. The van der Waals surface area contributed by atoms with Crippen molar-refractivity contribution in [3.8, 4) is 11.5 Å². The highest BCUT2D eigenvalue weighted by Crippen LogP contribution is 2.36. The third-order valence-corrected chi connectivity index (χ3v) is 5.77. The van der Waals surface area contributed by atoms with Gasteiger partial charge in [0.05, 0.1) is 37.2 Å². The summed E-state index contributed by atoms with van der Waals surface area (Å²) in [6, 6.07) is 10.2. The van der Waals surface area contributed by atoms with E-state index in [1.54, 1.807) is 18.2 Å². The Bertz CT molecular complexity index is 1090. The van der Waals surface area contributed by atoms with Crippen LogP contribution in [0.25, 0.3) is 0 Å². The normalized spacial score (nSPS) is 15.1. The second-order valence-corrected chi connectivity index (χ2v) is 8.34. The van der Waals surface area contributed by atoms with Gasteiger partial charge in [-0.05, 0) is 30.5 Å². The molecule has 1 aliphatic carbocycles. The first-order chi connectivity index (χ1) is 15.9. The van der Waals surface area contributed by atoms with Crippen LogP contribution in [0.5, 0.6) is 11.5 Å². The SMILES string of the molecule is COc1cc(OC)c(NC(=O)CN2C(=O)N(CC(=O)NC3CC3)Cc3ccccc32)cc1Cl. The van der Waals surface area contributed by atoms with Gasteiger partial charge in [-0.15, -0.1) is 0 Å². The number of carbonyl (C=O) groups is 3. The van der Waals surface area contributed by atoms with Crippen LogP contribution >= 0.6 is 11.6 Å². The second kappa shape index (κ2) is 9.58. The Morgan fingerprint density at radius 1 is 1.06 bits per heavy atom. The number of hydrogen-bond donors (Lipinski definition) is 2. The first-order valence-corrected chi connectivity index (χ1v) is 10.9. The van der Waals surface area contributed by atoms with Crippen LogP contribution in [0.3, 0.4) is 0 Å². The fourth-order valence-corrected chi connectivity index (χ4v) is 3.94. The minimum absolute atomic E-state index is 0.0658.